The van der Waals surface area contributed by atoms with E-state index in [1.54, 1.807) is 25.7 Å². The number of nitrogens with one attached hydrogen (secondary N) is 1. The molecule has 1 aliphatic rings. The number of carbonyl (C=O) groups is 2. The fourth-order valence-corrected chi connectivity index (χ4v) is 2.31. The van der Waals surface area contributed by atoms with Crippen LogP contribution in [0.25, 0.3) is 0 Å². The first kappa shape index (κ1) is 17.7. The van der Waals surface area contributed by atoms with E-state index in [1.165, 1.54) is 0 Å². The van der Waals surface area contributed by atoms with Gasteiger partial charge in [-0.1, -0.05) is 20.8 Å². The van der Waals surface area contributed by atoms with Crippen LogP contribution in [0.5, 0.6) is 0 Å². The number of aliphatic hydroxyl groups excluding tert-OH is 1. The molecule has 0 aromatic rings. The zero-order valence-electron chi connectivity index (χ0n) is 13.0. The molecule has 7 heteroatoms. The molecule has 0 saturated carbocycles. The summed E-state index contributed by atoms with van der Waals surface area (Å²) >= 11 is 0. The third-order valence-electron chi connectivity index (χ3n) is 3.55. The predicted octanol–water partition coefficient (Wildman–Crippen LogP) is 0.669. The molecular formula is C14H26N2O5. The molecule has 0 bridgehead atoms. The average molecular weight is 302 g/mol. The maximum atomic E-state index is 12.2. The fourth-order valence-electron chi connectivity index (χ4n) is 2.31. The fraction of sp³-hybridized carbons (Fsp3) is 0.857. The minimum Gasteiger partial charge on any atom is -0.480 e. The number of aliphatic carboxylic acids is 1. The predicted molar refractivity (Wildman–Crippen MR) is 77.0 cm³/mol. The second-order valence-corrected chi connectivity index (χ2v) is 6.37. The van der Waals surface area contributed by atoms with Crippen molar-refractivity contribution in [2.75, 3.05) is 26.3 Å². The topological polar surface area (TPSA) is 99.1 Å². The van der Waals surface area contributed by atoms with E-state index < -0.39 is 17.4 Å². The van der Waals surface area contributed by atoms with Crippen LogP contribution in [0, 0.1) is 5.41 Å². The van der Waals surface area contributed by atoms with E-state index in [4.69, 9.17) is 9.84 Å². The number of nitrogens with zero attached hydrogens (tertiary/aromatic N) is 1. The number of aliphatic hydroxyl groups is 1. The summed E-state index contributed by atoms with van der Waals surface area (Å²) in [6.07, 6.45) is 1.44. The molecule has 0 radical (unpaired) electrons. The zero-order valence-corrected chi connectivity index (χ0v) is 13.0. The molecule has 0 spiro atoms. The van der Waals surface area contributed by atoms with Gasteiger partial charge in [-0.05, 0) is 18.3 Å². The Hall–Kier alpha value is -1.34. The Morgan fingerprint density at radius 2 is 1.90 bits per heavy atom. The molecule has 2 amide bonds. The average Bonchev–Trinajstić information content (AvgIpc) is 2.41. The highest BCUT2D eigenvalue weighted by molar-refractivity contribution is 5.83. The van der Waals surface area contributed by atoms with E-state index in [0.717, 1.165) is 0 Å². The summed E-state index contributed by atoms with van der Waals surface area (Å²) in [4.78, 5) is 25.0. The summed E-state index contributed by atoms with van der Waals surface area (Å²) in [6.45, 7) is 6.69. The van der Waals surface area contributed by atoms with Gasteiger partial charge in [-0.25, -0.2) is 9.59 Å². The molecule has 1 fully saturated rings. The van der Waals surface area contributed by atoms with E-state index in [2.05, 4.69) is 5.32 Å². The standard InChI is InChI=1S/C14H26N2O5/c1-14(2,3)11(12(18)19)15-13(20)16-6-4-10(5-7-16)21-9-8-17/h10-11,17H,4-9H2,1-3H3,(H,15,20)(H,18,19). The molecule has 1 heterocycles. The molecule has 0 aromatic carbocycles. The monoisotopic (exact) mass is 302 g/mol. The van der Waals surface area contributed by atoms with Gasteiger partial charge in [-0.3, -0.25) is 0 Å². The van der Waals surface area contributed by atoms with Crippen molar-refractivity contribution in [2.24, 2.45) is 5.41 Å². The highest BCUT2D eigenvalue weighted by Crippen LogP contribution is 2.20. The molecule has 122 valence electrons. The molecule has 3 N–H and O–H groups in total. The van der Waals surface area contributed by atoms with E-state index in [1.807, 2.05) is 0 Å². The first-order chi connectivity index (χ1) is 9.75. The number of urea groups is 1. The van der Waals surface area contributed by atoms with Crippen molar-refractivity contribution in [2.45, 2.75) is 45.8 Å². The second-order valence-electron chi connectivity index (χ2n) is 6.37. The lowest BCUT2D eigenvalue weighted by molar-refractivity contribution is -0.142. The number of piperidine rings is 1. The van der Waals surface area contributed by atoms with Gasteiger partial charge < -0.3 is 25.2 Å². The summed E-state index contributed by atoms with van der Waals surface area (Å²) in [5, 5.41) is 20.5. The Bertz CT molecular complexity index is 359. The van der Waals surface area contributed by atoms with E-state index in [0.29, 0.717) is 32.5 Å². The molecule has 0 aromatic heterocycles. The van der Waals surface area contributed by atoms with Crippen LogP contribution < -0.4 is 5.32 Å². The van der Waals surface area contributed by atoms with Crippen LogP contribution in [0.3, 0.4) is 0 Å². The van der Waals surface area contributed by atoms with Gasteiger partial charge in [0.15, 0.2) is 0 Å². The number of ether oxygens (including phenoxy) is 1. The van der Waals surface area contributed by atoms with E-state index in [-0.39, 0.29) is 18.7 Å². The van der Waals surface area contributed by atoms with Crippen molar-refractivity contribution in [3.8, 4) is 0 Å². The lowest BCUT2D eigenvalue weighted by Crippen LogP contribution is -2.55. The number of hydrogen-bond acceptors (Lipinski definition) is 4. The van der Waals surface area contributed by atoms with Crippen LogP contribution in [0.2, 0.25) is 0 Å². The van der Waals surface area contributed by atoms with E-state index >= 15 is 0 Å². The van der Waals surface area contributed by atoms with Crippen molar-refractivity contribution in [3.05, 3.63) is 0 Å². The van der Waals surface area contributed by atoms with Crippen molar-refractivity contribution in [1.29, 1.82) is 0 Å². The molecule has 1 unspecified atom stereocenters. The van der Waals surface area contributed by atoms with Gasteiger partial charge in [0.2, 0.25) is 0 Å². The number of rotatable bonds is 5. The maximum Gasteiger partial charge on any atom is 0.326 e. The quantitative estimate of drug-likeness (QED) is 0.693. The number of carboxylic acids is 1. The van der Waals surface area contributed by atoms with Crippen molar-refractivity contribution >= 4 is 12.0 Å². The Balaban J connectivity index is 2.48. The number of amides is 2. The molecule has 1 atom stereocenters. The van der Waals surface area contributed by atoms with Gasteiger partial charge in [0.05, 0.1) is 19.3 Å². The summed E-state index contributed by atoms with van der Waals surface area (Å²) in [7, 11) is 0. The Morgan fingerprint density at radius 3 is 2.33 bits per heavy atom. The Kier molecular flexibility index (Phi) is 6.42. The normalized spacial score (nSPS) is 18.4. The van der Waals surface area contributed by atoms with Gasteiger partial charge >= 0.3 is 12.0 Å². The SMILES string of the molecule is CC(C)(C)C(NC(=O)N1CCC(OCCO)CC1)C(=O)O. The van der Waals surface area contributed by atoms with Gasteiger partial charge in [0.25, 0.3) is 0 Å². The maximum absolute atomic E-state index is 12.2. The number of carboxylic acid groups (broad SMARTS) is 1. The third kappa shape index (κ3) is 5.51. The van der Waals surface area contributed by atoms with Crippen LogP contribution in [0.1, 0.15) is 33.6 Å². The minimum atomic E-state index is -1.03. The van der Waals surface area contributed by atoms with Crippen molar-refractivity contribution in [3.63, 3.8) is 0 Å². The second kappa shape index (κ2) is 7.61. The van der Waals surface area contributed by atoms with Crippen LogP contribution in [-0.2, 0) is 9.53 Å². The first-order valence-electron chi connectivity index (χ1n) is 7.26. The van der Waals surface area contributed by atoms with Crippen molar-refractivity contribution < 1.29 is 24.5 Å². The van der Waals surface area contributed by atoms with Gasteiger partial charge in [0.1, 0.15) is 6.04 Å². The number of carbonyl (C=O) groups excluding carboxylic acids is 1. The van der Waals surface area contributed by atoms with Gasteiger partial charge in [0, 0.05) is 13.1 Å². The minimum absolute atomic E-state index is 0.00737. The van der Waals surface area contributed by atoms with Crippen LogP contribution in [0.4, 0.5) is 4.79 Å². The van der Waals surface area contributed by atoms with Crippen LogP contribution in [0.15, 0.2) is 0 Å². The molecule has 0 aliphatic carbocycles. The van der Waals surface area contributed by atoms with E-state index in [9.17, 15) is 14.7 Å². The lowest BCUT2D eigenvalue weighted by atomic mass is 9.87. The number of hydrogen-bond donors (Lipinski definition) is 3. The van der Waals surface area contributed by atoms with Crippen molar-refractivity contribution in [1.82, 2.24) is 10.2 Å². The summed E-state index contributed by atoms with van der Waals surface area (Å²) < 4.78 is 5.43. The Labute approximate surface area is 125 Å². The Morgan fingerprint density at radius 1 is 1.33 bits per heavy atom. The lowest BCUT2D eigenvalue weighted by Gasteiger charge is -2.34. The summed E-state index contributed by atoms with van der Waals surface area (Å²) in [5.41, 5.74) is -0.552. The molecular weight excluding hydrogens is 276 g/mol. The summed E-state index contributed by atoms with van der Waals surface area (Å²) in [5.74, 6) is -1.03. The zero-order chi connectivity index (χ0) is 16.0. The van der Waals surface area contributed by atoms with Gasteiger partial charge in [-0.15, -0.1) is 0 Å². The largest absolute Gasteiger partial charge is 0.480 e. The smallest absolute Gasteiger partial charge is 0.326 e. The molecule has 1 saturated heterocycles. The molecule has 21 heavy (non-hydrogen) atoms. The first-order valence-corrected chi connectivity index (χ1v) is 7.26. The molecule has 1 aliphatic heterocycles. The molecule has 7 nitrogen and oxygen atoms in total. The molecule has 1 rings (SSSR count). The summed E-state index contributed by atoms with van der Waals surface area (Å²) in [6, 6.07) is -1.27. The third-order valence-corrected chi connectivity index (χ3v) is 3.55. The van der Waals surface area contributed by atoms with Crippen LogP contribution in [-0.4, -0.2) is 65.6 Å². The highest BCUT2D eigenvalue weighted by Gasteiger charge is 2.34. The van der Waals surface area contributed by atoms with Crippen LogP contribution >= 0.6 is 0 Å². The number of likely N-dealkylation sites (tertiary alicyclic amines) is 1. The van der Waals surface area contributed by atoms with Gasteiger partial charge in [-0.2, -0.15) is 0 Å². The highest BCUT2D eigenvalue weighted by atomic mass is 16.5.